The van der Waals surface area contributed by atoms with E-state index in [1.165, 1.54) is 5.56 Å². The number of ether oxygens (including phenoxy) is 1. The Morgan fingerprint density at radius 3 is 2.38 bits per heavy atom. The summed E-state index contributed by atoms with van der Waals surface area (Å²) in [5, 5.41) is 1.69. The van der Waals surface area contributed by atoms with Crippen LogP contribution in [0.4, 0.5) is 0 Å². The maximum Gasteiger partial charge on any atom is 0.258 e. The average Bonchev–Trinajstić information content (AvgIpc) is 2.74. The highest BCUT2D eigenvalue weighted by Crippen LogP contribution is 2.36. The molecule has 2 atom stereocenters. The topological polar surface area (TPSA) is 31.2 Å². The molecule has 0 fully saturated rings. The summed E-state index contributed by atoms with van der Waals surface area (Å²) in [6, 6.07) is 14.6. The first-order valence-corrected chi connectivity index (χ1v) is 10.4. The molecule has 0 aliphatic rings. The fourth-order valence-electron chi connectivity index (χ4n) is 3.77. The maximum absolute atomic E-state index is 13.2. The minimum absolute atomic E-state index is 0.0106. The van der Waals surface area contributed by atoms with Crippen LogP contribution < -0.4 is 5.56 Å². The molecular weight excluding hydrogens is 358 g/mol. The van der Waals surface area contributed by atoms with Gasteiger partial charge < -0.3 is 9.30 Å². The van der Waals surface area contributed by atoms with Crippen molar-refractivity contribution in [1.82, 2.24) is 4.57 Å². The van der Waals surface area contributed by atoms with E-state index >= 15 is 0 Å². The highest BCUT2D eigenvalue weighted by Gasteiger charge is 2.23. The van der Waals surface area contributed by atoms with Crippen LogP contribution >= 0.6 is 0 Å². The van der Waals surface area contributed by atoms with Gasteiger partial charge in [-0.25, -0.2) is 0 Å². The third-order valence-electron chi connectivity index (χ3n) is 5.69. The highest BCUT2D eigenvalue weighted by atomic mass is 16.5. The molecule has 29 heavy (non-hydrogen) atoms. The molecule has 3 rings (SSSR count). The average molecular weight is 390 g/mol. The van der Waals surface area contributed by atoms with Gasteiger partial charge in [0.1, 0.15) is 6.10 Å². The van der Waals surface area contributed by atoms with E-state index in [9.17, 15) is 4.79 Å². The van der Waals surface area contributed by atoms with Crippen LogP contribution in [0, 0.1) is 6.92 Å². The van der Waals surface area contributed by atoms with E-state index in [-0.39, 0.29) is 17.8 Å². The largest absolute Gasteiger partial charge is 0.365 e. The lowest BCUT2D eigenvalue weighted by Gasteiger charge is -2.25. The summed E-state index contributed by atoms with van der Waals surface area (Å²) in [6.45, 7) is 12.4. The molecule has 0 saturated heterocycles. The number of fused-ring (bicyclic) bond motifs is 1. The molecule has 2 unspecified atom stereocenters. The van der Waals surface area contributed by atoms with Gasteiger partial charge in [-0.05, 0) is 49.3 Å². The lowest BCUT2D eigenvalue weighted by Crippen LogP contribution is -2.25. The van der Waals surface area contributed by atoms with Crippen LogP contribution in [-0.4, -0.2) is 10.7 Å². The fourth-order valence-corrected chi connectivity index (χ4v) is 3.77. The number of aryl methyl sites for hydroxylation is 2. The molecule has 2 aromatic carbocycles. The SMILES string of the molecule is C=CC(OC(C)CC)c1c(-c2ccc(CC)cc2)c2cc(C)ccc2c(=O)n1C. The van der Waals surface area contributed by atoms with Gasteiger partial charge in [0, 0.05) is 18.0 Å². The fraction of sp³-hybridized carbons (Fsp3) is 0.346. The van der Waals surface area contributed by atoms with E-state index in [1.54, 1.807) is 10.6 Å². The van der Waals surface area contributed by atoms with Crippen molar-refractivity contribution in [3.63, 3.8) is 0 Å². The number of hydrogen-bond acceptors (Lipinski definition) is 2. The van der Waals surface area contributed by atoms with Crippen molar-refractivity contribution in [3.8, 4) is 11.1 Å². The second kappa shape index (κ2) is 8.79. The van der Waals surface area contributed by atoms with Crippen LogP contribution in [-0.2, 0) is 18.2 Å². The number of aromatic nitrogens is 1. The summed E-state index contributed by atoms with van der Waals surface area (Å²) < 4.78 is 8.01. The van der Waals surface area contributed by atoms with E-state index < -0.39 is 0 Å². The van der Waals surface area contributed by atoms with Crippen LogP contribution in [0.3, 0.4) is 0 Å². The molecule has 0 amide bonds. The Morgan fingerprint density at radius 2 is 1.79 bits per heavy atom. The molecule has 0 spiro atoms. The molecule has 0 aliphatic carbocycles. The number of pyridine rings is 1. The maximum atomic E-state index is 13.2. The van der Waals surface area contributed by atoms with Crippen molar-refractivity contribution < 1.29 is 4.74 Å². The van der Waals surface area contributed by atoms with Gasteiger partial charge in [-0.15, -0.1) is 6.58 Å². The quantitative estimate of drug-likeness (QED) is 0.456. The first kappa shape index (κ1) is 21.1. The van der Waals surface area contributed by atoms with Crippen molar-refractivity contribution in [2.45, 2.75) is 52.7 Å². The second-order valence-electron chi connectivity index (χ2n) is 7.74. The molecule has 1 heterocycles. The Kier molecular flexibility index (Phi) is 6.39. The number of benzene rings is 2. The third kappa shape index (κ3) is 4.06. The Labute approximate surface area is 173 Å². The molecule has 0 bridgehead atoms. The predicted molar refractivity (Wildman–Crippen MR) is 123 cm³/mol. The Bertz CT molecular complexity index is 1080. The number of hydrogen-bond donors (Lipinski definition) is 0. The van der Waals surface area contributed by atoms with Crippen molar-refractivity contribution >= 4 is 10.8 Å². The van der Waals surface area contributed by atoms with Gasteiger partial charge >= 0.3 is 0 Å². The van der Waals surface area contributed by atoms with E-state index in [0.29, 0.717) is 0 Å². The van der Waals surface area contributed by atoms with E-state index in [4.69, 9.17) is 4.74 Å². The second-order valence-corrected chi connectivity index (χ2v) is 7.74. The molecule has 1 aromatic heterocycles. The predicted octanol–water partition coefficient (Wildman–Crippen LogP) is 6.12. The molecule has 3 aromatic rings. The zero-order valence-corrected chi connectivity index (χ0v) is 18.2. The lowest BCUT2D eigenvalue weighted by atomic mass is 9.92. The number of rotatable bonds is 7. The molecule has 0 N–H and O–H groups in total. The van der Waals surface area contributed by atoms with E-state index in [0.717, 1.165) is 46.0 Å². The summed E-state index contributed by atoms with van der Waals surface area (Å²) >= 11 is 0. The molecule has 0 aliphatic heterocycles. The summed E-state index contributed by atoms with van der Waals surface area (Å²) in [7, 11) is 1.83. The summed E-state index contributed by atoms with van der Waals surface area (Å²) in [5.74, 6) is 0. The van der Waals surface area contributed by atoms with Gasteiger partial charge in [0.25, 0.3) is 5.56 Å². The van der Waals surface area contributed by atoms with Crippen molar-refractivity contribution in [1.29, 1.82) is 0 Å². The number of nitrogens with zero attached hydrogens (tertiary/aromatic N) is 1. The van der Waals surface area contributed by atoms with Gasteiger partial charge in [-0.2, -0.15) is 0 Å². The van der Waals surface area contributed by atoms with Crippen LogP contribution in [0.5, 0.6) is 0 Å². The summed E-state index contributed by atoms with van der Waals surface area (Å²) in [6.07, 6.45) is 3.38. The monoisotopic (exact) mass is 389 g/mol. The highest BCUT2D eigenvalue weighted by molar-refractivity contribution is 5.98. The zero-order valence-electron chi connectivity index (χ0n) is 18.2. The normalized spacial score (nSPS) is 13.4. The standard InChI is InChI=1S/C26H31NO2/c1-7-18(5)29-23(9-3)25-24(20-13-11-19(8-2)12-14-20)22-16-17(4)10-15-21(22)26(28)27(25)6/h9-16,18,23H,3,7-8H2,1-2,4-6H3. The molecule has 152 valence electrons. The van der Waals surface area contributed by atoms with Gasteiger partial charge in [0.2, 0.25) is 0 Å². The Morgan fingerprint density at radius 1 is 1.10 bits per heavy atom. The van der Waals surface area contributed by atoms with Gasteiger partial charge in [0.05, 0.1) is 11.8 Å². The lowest BCUT2D eigenvalue weighted by molar-refractivity contribution is 0.0182. The molecular formula is C26H31NO2. The first-order chi connectivity index (χ1) is 13.9. The third-order valence-corrected chi connectivity index (χ3v) is 5.69. The van der Waals surface area contributed by atoms with Crippen LogP contribution in [0.2, 0.25) is 0 Å². The van der Waals surface area contributed by atoms with Crippen molar-refractivity contribution in [2.75, 3.05) is 0 Å². The minimum Gasteiger partial charge on any atom is -0.365 e. The van der Waals surface area contributed by atoms with Gasteiger partial charge in [-0.1, -0.05) is 61.9 Å². The summed E-state index contributed by atoms with van der Waals surface area (Å²) in [5.41, 5.74) is 5.39. The van der Waals surface area contributed by atoms with Crippen LogP contribution in [0.1, 0.15) is 50.1 Å². The molecule has 3 heteroatoms. The first-order valence-electron chi connectivity index (χ1n) is 10.4. The van der Waals surface area contributed by atoms with Crippen molar-refractivity contribution in [3.05, 3.63) is 82.3 Å². The van der Waals surface area contributed by atoms with E-state index in [2.05, 4.69) is 64.6 Å². The smallest absolute Gasteiger partial charge is 0.258 e. The zero-order chi connectivity index (χ0) is 21.1. The molecule has 0 radical (unpaired) electrons. The Balaban J connectivity index is 2.40. The van der Waals surface area contributed by atoms with Crippen LogP contribution in [0.15, 0.2) is 59.9 Å². The minimum atomic E-state index is -0.367. The molecule has 3 nitrogen and oxygen atoms in total. The van der Waals surface area contributed by atoms with Gasteiger partial charge in [-0.3, -0.25) is 4.79 Å². The van der Waals surface area contributed by atoms with Crippen molar-refractivity contribution in [2.24, 2.45) is 7.05 Å². The van der Waals surface area contributed by atoms with Crippen LogP contribution in [0.25, 0.3) is 21.9 Å². The Hall–Kier alpha value is -2.65. The summed E-state index contributed by atoms with van der Waals surface area (Å²) in [4.78, 5) is 13.2. The van der Waals surface area contributed by atoms with Gasteiger partial charge in [0.15, 0.2) is 0 Å². The van der Waals surface area contributed by atoms with E-state index in [1.807, 2.05) is 19.2 Å². The molecule has 0 saturated carbocycles.